The molecule has 3 amide bonds. The number of carbonyl (C=O) groups excluding carboxylic acids is 3. The first kappa shape index (κ1) is 26.4. The van der Waals surface area contributed by atoms with E-state index in [0.717, 1.165) is 21.4 Å². The van der Waals surface area contributed by atoms with Crippen LogP contribution >= 0.6 is 34.8 Å². The van der Waals surface area contributed by atoms with Crippen LogP contribution in [0.1, 0.15) is 26.3 Å². The molecule has 1 aromatic rings. The average molecular weight is 508 g/mol. The highest BCUT2D eigenvalue weighted by atomic mass is 35.6. The lowest BCUT2D eigenvalue weighted by Gasteiger charge is -2.34. The van der Waals surface area contributed by atoms with E-state index in [1.54, 1.807) is 13.8 Å². The fourth-order valence-corrected chi connectivity index (χ4v) is 4.11. The molecule has 6 nitrogen and oxygen atoms in total. The van der Waals surface area contributed by atoms with Gasteiger partial charge < -0.3 is 9.64 Å². The highest BCUT2D eigenvalue weighted by molar-refractivity contribution is 6.76. The molecular weight excluding hydrogens is 482 g/mol. The first-order valence-corrected chi connectivity index (χ1v) is 11.2. The Balaban J connectivity index is 2.21. The minimum absolute atomic E-state index is 0.00907. The van der Waals surface area contributed by atoms with Crippen LogP contribution < -0.4 is 0 Å². The van der Waals surface area contributed by atoms with Crippen LogP contribution in [0.15, 0.2) is 42.0 Å². The lowest BCUT2D eigenvalue weighted by Crippen LogP contribution is -2.50. The molecule has 0 radical (unpaired) electrons. The summed E-state index contributed by atoms with van der Waals surface area (Å²) in [5.41, 5.74) is 0.945. The fraction of sp³-hybridized carbons (Fsp3) is 0.500. The number of imide groups is 1. The zero-order chi connectivity index (χ0) is 24.2. The number of amides is 3. The molecule has 1 fully saturated rings. The lowest BCUT2D eigenvalue weighted by molar-refractivity contribution is -0.133. The Morgan fingerprint density at radius 3 is 2.41 bits per heavy atom. The number of benzene rings is 1. The summed E-state index contributed by atoms with van der Waals surface area (Å²) < 4.78 is 18.1. The van der Waals surface area contributed by atoms with Crippen LogP contribution in [-0.2, 0) is 20.7 Å². The molecule has 3 atom stereocenters. The first-order valence-electron chi connectivity index (χ1n) is 10.0. The van der Waals surface area contributed by atoms with Gasteiger partial charge in [-0.05, 0) is 30.9 Å². The van der Waals surface area contributed by atoms with E-state index in [-0.39, 0.29) is 18.1 Å². The second-order valence-corrected chi connectivity index (χ2v) is 10.3. The molecule has 176 valence electrons. The monoisotopic (exact) mass is 506 g/mol. The van der Waals surface area contributed by atoms with Crippen molar-refractivity contribution < 1.29 is 23.5 Å². The summed E-state index contributed by atoms with van der Waals surface area (Å²) >= 11 is 17.0. The molecule has 1 aliphatic heterocycles. The van der Waals surface area contributed by atoms with E-state index in [0.29, 0.717) is 6.42 Å². The third-order valence-corrected chi connectivity index (χ3v) is 5.74. The molecular formula is C22H26Cl3FN2O4. The van der Waals surface area contributed by atoms with Crippen LogP contribution in [0, 0.1) is 5.92 Å². The molecule has 1 saturated heterocycles. The summed E-state index contributed by atoms with van der Waals surface area (Å²) in [5.74, 6) is -1.89. The summed E-state index contributed by atoms with van der Waals surface area (Å²) in [6.07, 6.45) is -1.02. The SMILES string of the molecule is C/C(=C\C(F)C(C(C)C)N(C)C(=O)C(Cl)(Cl)Cl)C(=O)N1C(=O)OCC1Cc1ccccc1. The molecule has 1 aliphatic rings. The van der Waals surface area contributed by atoms with Gasteiger partial charge in [0.2, 0.25) is 0 Å². The molecule has 1 aromatic carbocycles. The first-order chi connectivity index (χ1) is 14.8. The third kappa shape index (κ3) is 6.36. The third-order valence-electron chi connectivity index (χ3n) is 5.26. The molecule has 0 aromatic heterocycles. The second-order valence-electron chi connectivity index (χ2n) is 8.04. The van der Waals surface area contributed by atoms with Crippen molar-refractivity contribution >= 4 is 52.7 Å². The maximum absolute atomic E-state index is 15.3. The quantitative estimate of drug-likeness (QED) is 0.396. The molecule has 32 heavy (non-hydrogen) atoms. The summed E-state index contributed by atoms with van der Waals surface area (Å²) in [6.45, 7) is 4.88. The Morgan fingerprint density at radius 2 is 1.88 bits per heavy atom. The molecule has 0 saturated carbocycles. The topological polar surface area (TPSA) is 66.9 Å². The minimum Gasteiger partial charge on any atom is -0.447 e. The van der Waals surface area contributed by atoms with Crippen molar-refractivity contribution in [3.05, 3.63) is 47.5 Å². The van der Waals surface area contributed by atoms with Crippen molar-refractivity contribution in [3.63, 3.8) is 0 Å². The maximum atomic E-state index is 15.3. The van der Waals surface area contributed by atoms with Gasteiger partial charge in [-0.25, -0.2) is 14.1 Å². The van der Waals surface area contributed by atoms with Crippen LogP contribution in [0.3, 0.4) is 0 Å². The van der Waals surface area contributed by atoms with Gasteiger partial charge in [-0.15, -0.1) is 0 Å². The standard InChI is InChI=1S/C22H26Cl3FN2O4/c1-13(2)18(27(4)20(30)22(23,24)25)17(26)10-14(3)19(29)28-16(12-32-21(28)31)11-15-8-6-5-7-9-15/h5-10,13,16-18H,11-12H2,1-4H3/b14-10+. The van der Waals surface area contributed by atoms with Crippen molar-refractivity contribution in [2.75, 3.05) is 13.7 Å². The average Bonchev–Trinajstić information content (AvgIpc) is 3.06. The molecule has 0 spiro atoms. The van der Waals surface area contributed by atoms with Crippen LogP contribution in [0.25, 0.3) is 0 Å². The van der Waals surface area contributed by atoms with Gasteiger partial charge in [-0.2, -0.15) is 0 Å². The van der Waals surface area contributed by atoms with Crippen molar-refractivity contribution in [3.8, 4) is 0 Å². The lowest BCUT2D eigenvalue weighted by atomic mass is 9.96. The van der Waals surface area contributed by atoms with Crippen molar-refractivity contribution in [1.29, 1.82) is 0 Å². The van der Waals surface area contributed by atoms with Crippen LogP contribution in [0.4, 0.5) is 9.18 Å². The maximum Gasteiger partial charge on any atom is 0.417 e. The highest BCUT2D eigenvalue weighted by Gasteiger charge is 2.41. The molecule has 10 heteroatoms. The van der Waals surface area contributed by atoms with Gasteiger partial charge in [-0.3, -0.25) is 9.59 Å². The fourth-order valence-electron chi connectivity index (χ4n) is 3.71. The Labute approximate surface area is 202 Å². The van der Waals surface area contributed by atoms with E-state index >= 15 is 4.39 Å². The van der Waals surface area contributed by atoms with E-state index < -0.39 is 40.0 Å². The van der Waals surface area contributed by atoms with Gasteiger partial charge in [0.15, 0.2) is 0 Å². The van der Waals surface area contributed by atoms with Gasteiger partial charge in [0.05, 0.1) is 12.1 Å². The molecule has 2 rings (SSSR count). The largest absolute Gasteiger partial charge is 0.447 e. The van der Waals surface area contributed by atoms with E-state index in [1.165, 1.54) is 14.0 Å². The van der Waals surface area contributed by atoms with Crippen LogP contribution in [-0.4, -0.2) is 63.4 Å². The molecule has 0 N–H and O–H groups in total. The molecule has 0 bridgehead atoms. The van der Waals surface area contributed by atoms with Gasteiger partial charge in [-0.1, -0.05) is 79.0 Å². The zero-order valence-electron chi connectivity index (χ0n) is 18.2. The summed E-state index contributed by atoms with van der Waals surface area (Å²) in [7, 11) is 1.33. The zero-order valence-corrected chi connectivity index (χ0v) is 20.5. The van der Waals surface area contributed by atoms with Crippen molar-refractivity contribution in [2.24, 2.45) is 5.92 Å². The number of halogens is 4. The van der Waals surface area contributed by atoms with Crippen LogP contribution in [0.2, 0.25) is 0 Å². The van der Waals surface area contributed by atoms with Crippen molar-refractivity contribution in [2.45, 2.75) is 49.2 Å². The predicted molar refractivity (Wildman–Crippen MR) is 122 cm³/mol. The van der Waals surface area contributed by atoms with E-state index in [4.69, 9.17) is 39.5 Å². The molecule has 1 heterocycles. The number of rotatable bonds is 7. The number of cyclic esters (lactones) is 1. The van der Waals surface area contributed by atoms with E-state index in [9.17, 15) is 14.4 Å². The van der Waals surface area contributed by atoms with Crippen molar-refractivity contribution in [1.82, 2.24) is 9.80 Å². The number of ether oxygens (including phenoxy) is 1. The second kappa shape index (κ2) is 10.9. The number of alkyl halides is 4. The number of hydrogen-bond donors (Lipinski definition) is 0. The number of carbonyl (C=O) groups is 3. The Bertz CT molecular complexity index is 874. The highest BCUT2D eigenvalue weighted by Crippen LogP contribution is 2.31. The molecule has 0 aliphatic carbocycles. The number of hydrogen-bond acceptors (Lipinski definition) is 4. The Hall–Kier alpha value is -1.83. The molecule has 3 unspecified atom stereocenters. The summed E-state index contributed by atoms with van der Waals surface area (Å²) in [4.78, 5) is 39.6. The van der Waals surface area contributed by atoms with Crippen LogP contribution in [0.5, 0.6) is 0 Å². The van der Waals surface area contributed by atoms with Gasteiger partial charge in [0, 0.05) is 12.6 Å². The summed E-state index contributed by atoms with van der Waals surface area (Å²) in [6, 6.07) is 7.86. The van der Waals surface area contributed by atoms with Gasteiger partial charge in [0.25, 0.3) is 15.6 Å². The smallest absolute Gasteiger partial charge is 0.417 e. The van der Waals surface area contributed by atoms with Gasteiger partial charge >= 0.3 is 6.09 Å². The Kier molecular flexibility index (Phi) is 8.97. The Morgan fingerprint density at radius 1 is 1.28 bits per heavy atom. The van der Waals surface area contributed by atoms with E-state index in [1.807, 2.05) is 30.3 Å². The number of nitrogens with zero attached hydrogens (tertiary/aromatic N) is 2. The predicted octanol–water partition coefficient (Wildman–Crippen LogP) is 4.71. The summed E-state index contributed by atoms with van der Waals surface area (Å²) in [5, 5.41) is 0. The van der Waals surface area contributed by atoms with Gasteiger partial charge in [0.1, 0.15) is 12.8 Å². The normalized spacial score (nSPS) is 19.0. The minimum atomic E-state index is -2.24. The van der Waals surface area contributed by atoms with E-state index in [2.05, 4.69) is 0 Å².